The van der Waals surface area contributed by atoms with Crippen molar-refractivity contribution in [1.29, 1.82) is 0 Å². The highest BCUT2D eigenvalue weighted by Crippen LogP contribution is 2.00. The van der Waals surface area contributed by atoms with Gasteiger partial charge in [-0.05, 0) is 0 Å². The molecule has 0 saturated carbocycles. The maximum absolute atomic E-state index is 10.5. The molecule has 1 rings (SSSR count). The summed E-state index contributed by atoms with van der Waals surface area (Å²) in [6.07, 6.45) is 0.469. The molecule has 0 fully saturated rings. The summed E-state index contributed by atoms with van der Waals surface area (Å²) in [6, 6.07) is 0. The molecule has 1 aliphatic rings. The van der Waals surface area contributed by atoms with Gasteiger partial charge in [-0.25, -0.2) is 9.79 Å². The molecule has 0 aromatic carbocycles. The Morgan fingerprint density at radius 3 is 3.00 bits per heavy atom. The molecule has 0 N–H and O–H groups in total. The summed E-state index contributed by atoms with van der Waals surface area (Å²) < 4.78 is 4.33. The van der Waals surface area contributed by atoms with E-state index in [1.165, 1.54) is 13.4 Å². The molecule has 0 aromatic rings. The molecule has 1 unspecified atom stereocenters. The van der Waals surface area contributed by atoms with Crippen LogP contribution in [0.15, 0.2) is 15.2 Å². The van der Waals surface area contributed by atoms with Crippen molar-refractivity contribution in [3.05, 3.63) is 0 Å². The summed E-state index contributed by atoms with van der Waals surface area (Å²) in [7, 11) is 1.28. The zero-order valence-corrected chi connectivity index (χ0v) is 4.81. The summed E-state index contributed by atoms with van der Waals surface area (Å²) in [4.78, 5) is 14.1. The average molecular weight is 127 g/mol. The van der Waals surface area contributed by atoms with Crippen LogP contribution in [0.25, 0.3) is 0 Å². The van der Waals surface area contributed by atoms with Gasteiger partial charge in [0.2, 0.25) is 0 Å². The smallest absolute Gasteiger partial charge is 0.355 e. The van der Waals surface area contributed by atoms with E-state index in [2.05, 4.69) is 20.0 Å². The van der Waals surface area contributed by atoms with Crippen LogP contribution in [0.1, 0.15) is 0 Å². The van der Waals surface area contributed by atoms with E-state index in [1.807, 2.05) is 0 Å². The lowest BCUT2D eigenvalue weighted by Crippen LogP contribution is -2.15. The molecule has 0 amide bonds. The van der Waals surface area contributed by atoms with E-state index in [1.54, 1.807) is 0 Å². The summed E-state index contributed by atoms with van der Waals surface area (Å²) >= 11 is 0. The summed E-state index contributed by atoms with van der Waals surface area (Å²) in [5, 5.41) is 6.80. The minimum atomic E-state index is -0.755. The molecule has 5 nitrogen and oxygen atoms in total. The van der Waals surface area contributed by atoms with Crippen molar-refractivity contribution < 1.29 is 9.53 Å². The molecule has 0 aromatic heterocycles. The van der Waals surface area contributed by atoms with E-state index in [9.17, 15) is 4.79 Å². The van der Waals surface area contributed by atoms with Crippen LogP contribution in [-0.2, 0) is 9.53 Å². The lowest BCUT2D eigenvalue weighted by Gasteiger charge is -1.96. The van der Waals surface area contributed by atoms with E-state index >= 15 is 0 Å². The fraction of sp³-hybridized carbons (Fsp3) is 0.500. The van der Waals surface area contributed by atoms with Crippen molar-refractivity contribution in [2.24, 2.45) is 15.2 Å². The molecule has 9 heavy (non-hydrogen) atoms. The molecule has 5 heteroatoms. The number of methoxy groups -OCH3 is 1. The number of carbonyl (C=O) groups is 1. The zero-order chi connectivity index (χ0) is 6.69. The van der Waals surface area contributed by atoms with Crippen LogP contribution in [0.3, 0.4) is 0 Å². The normalized spacial score (nSPS) is 22.6. The topological polar surface area (TPSA) is 63.4 Å². The monoisotopic (exact) mass is 127 g/mol. The van der Waals surface area contributed by atoms with Crippen LogP contribution in [0, 0.1) is 0 Å². The first kappa shape index (κ1) is 5.87. The Kier molecular flexibility index (Phi) is 1.53. The second-order valence-electron chi connectivity index (χ2n) is 1.39. The number of azo groups is 1. The number of hydrogen-bond acceptors (Lipinski definition) is 5. The zero-order valence-electron chi connectivity index (χ0n) is 4.81. The largest absolute Gasteiger partial charge is 0.466 e. The molecular formula is C4H5N3O2. The Morgan fingerprint density at radius 2 is 2.56 bits per heavy atom. The number of esters is 1. The summed E-state index contributed by atoms with van der Waals surface area (Å²) in [5.41, 5.74) is 0. The number of nitrogens with zero attached hydrogens (tertiary/aromatic N) is 3. The van der Waals surface area contributed by atoms with Gasteiger partial charge in [-0.2, -0.15) is 0 Å². The van der Waals surface area contributed by atoms with Crippen LogP contribution < -0.4 is 0 Å². The molecule has 1 aliphatic heterocycles. The predicted octanol–water partition coefficient (Wildman–Crippen LogP) is -0.0204. The van der Waals surface area contributed by atoms with Gasteiger partial charge in [0.1, 0.15) is 6.34 Å². The van der Waals surface area contributed by atoms with Crippen LogP contribution in [-0.4, -0.2) is 25.6 Å². The first-order valence-corrected chi connectivity index (χ1v) is 2.34. The van der Waals surface area contributed by atoms with Gasteiger partial charge in [-0.3, -0.25) is 0 Å². The molecule has 0 saturated heterocycles. The van der Waals surface area contributed by atoms with E-state index in [4.69, 9.17) is 0 Å². The molecule has 1 heterocycles. The Hall–Kier alpha value is -1.26. The SMILES string of the molecule is COC(=O)C1N=CN=N1. The molecule has 0 bridgehead atoms. The Bertz CT molecular complexity index is 163. The van der Waals surface area contributed by atoms with Crippen LogP contribution in [0.5, 0.6) is 0 Å². The van der Waals surface area contributed by atoms with E-state index in [-0.39, 0.29) is 0 Å². The number of hydrogen-bond donors (Lipinski definition) is 0. The van der Waals surface area contributed by atoms with Crippen molar-refractivity contribution in [3.8, 4) is 0 Å². The number of rotatable bonds is 1. The number of aliphatic imine (C=N–C) groups is 1. The number of carbonyl (C=O) groups excluding carboxylic acids is 1. The second-order valence-corrected chi connectivity index (χ2v) is 1.39. The van der Waals surface area contributed by atoms with E-state index in [0.29, 0.717) is 0 Å². The first-order valence-electron chi connectivity index (χ1n) is 2.34. The quantitative estimate of drug-likeness (QED) is 0.464. The first-order chi connectivity index (χ1) is 4.34. The Morgan fingerprint density at radius 1 is 1.78 bits per heavy atom. The Balaban J connectivity index is 2.53. The Labute approximate surface area is 51.4 Å². The van der Waals surface area contributed by atoms with Gasteiger partial charge in [0.25, 0.3) is 6.17 Å². The van der Waals surface area contributed by atoms with Crippen LogP contribution in [0.4, 0.5) is 0 Å². The lowest BCUT2D eigenvalue weighted by molar-refractivity contribution is -0.141. The van der Waals surface area contributed by atoms with Crippen LogP contribution in [0.2, 0.25) is 0 Å². The molecule has 0 radical (unpaired) electrons. The minimum absolute atomic E-state index is 0.479. The van der Waals surface area contributed by atoms with Gasteiger partial charge in [-0.15, -0.1) is 10.2 Å². The third-order valence-electron chi connectivity index (χ3n) is 0.848. The predicted molar refractivity (Wildman–Crippen MR) is 29.2 cm³/mol. The average Bonchev–Trinajstić information content (AvgIpc) is 2.37. The second kappa shape index (κ2) is 2.34. The van der Waals surface area contributed by atoms with E-state index < -0.39 is 12.1 Å². The fourth-order valence-electron chi connectivity index (χ4n) is 0.429. The van der Waals surface area contributed by atoms with Crippen molar-refractivity contribution in [2.45, 2.75) is 6.17 Å². The maximum atomic E-state index is 10.5. The lowest BCUT2D eigenvalue weighted by atomic mass is 10.5. The van der Waals surface area contributed by atoms with Gasteiger partial charge in [0.15, 0.2) is 0 Å². The summed E-state index contributed by atoms with van der Waals surface area (Å²) in [5.74, 6) is -0.479. The van der Waals surface area contributed by atoms with Crippen molar-refractivity contribution in [3.63, 3.8) is 0 Å². The van der Waals surface area contributed by atoms with Crippen molar-refractivity contribution in [2.75, 3.05) is 7.11 Å². The highest BCUT2D eigenvalue weighted by atomic mass is 16.5. The molecule has 0 aliphatic carbocycles. The number of ether oxygens (including phenoxy) is 1. The summed E-state index contributed by atoms with van der Waals surface area (Å²) in [6.45, 7) is 0. The van der Waals surface area contributed by atoms with Gasteiger partial charge in [0.05, 0.1) is 7.11 Å². The highest BCUT2D eigenvalue weighted by molar-refractivity contribution is 5.78. The third kappa shape index (κ3) is 1.10. The van der Waals surface area contributed by atoms with Gasteiger partial charge < -0.3 is 4.74 Å². The molecule has 1 atom stereocenters. The van der Waals surface area contributed by atoms with Gasteiger partial charge in [-0.1, -0.05) is 0 Å². The van der Waals surface area contributed by atoms with E-state index in [0.717, 1.165) is 0 Å². The van der Waals surface area contributed by atoms with Crippen LogP contribution >= 0.6 is 0 Å². The maximum Gasteiger partial charge on any atom is 0.355 e. The molecular weight excluding hydrogens is 122 g/mol. The minimum Gasteiger partial charge on any atom is -0.466 e. The van der Waals surface area contributed by atoms with Crippen molar-refractivity contribution in [1.82, 2.24) is 0 Å². The fourth-order valence-corrected chi connectivity index (χ4v) is 0.429. The molecule has 48 valence electrons. The van der Waals surface area contributed by atoms with Gasteiger partial charge in [0, 0.05) is 0 Å². The van der Waals surface area contributed by atoms with Gasteiger partial charge >= 0.3 is 5.97 Å². The third-order valence-corrected chi connectivity index (χ3v) is 0.848. The standard InChI is InChI=1S/C4H5N3O2/c1-9-4(8)3-5-2-6-7-3/h2-3H,1H3. The molecule has 0 spiro atoms. The highest BCUT2D eigenvalue weighted by Gasteiger charge is 2.17. The van der Waals surface area contributed by atoms with Crippen molar-refractivity contribution >= 4 is 12.3 Å².